The lowest BCUT2D eigenvalue weighted by Crippen LogP contribution is -2.45. The van der Waals surface area contributed by atoms with E-state index in [2.05, 4.69) is 33.0 Å². The Bertz CT molecular complexity index is 207. The second-order valence-electron chi connectivity index (χ2n) is 6.44. The summed E-state index contributed by atoms with van der Waals surface area (Å²) in [5.41, 5.74) is 0.112. The van der Waals surface area contributed by atoms with Crippen molar-refractivity contribution in [2.45, 2.75) is 84.3 Å². The van der Waals surface area contributed by atoms with Gasteiger partial charge in [-0.15, -0.1) is 0 Å². The summed E-state index contributed by atoms with van der Waals surface area (Å²) in [6.07, 6.45) is 9.48. The number of likely N-dealkylation sites (N-methyl/N-ethyl adjacent to an activating group) is 1. The van der Waals surface area contributed by atoms with Crippen LogP contribution in [0.15, 0.2) is 0 Å². The van der Waals surface area contributed by atoms with Crippen molar-refractivity contribution in [3.8, 4) is 0 Å². The average molecular weight is 255 g/mol. The standard InChI is InChI=1S/C16H33NO/c1-5-17-13-16(10-8-6-7-9-11-16)18-15(4)12-14(2)3/h14-15,17H,5-13H2,1-4H3. The Balaban J connectivity index is 2.57. The van der Waals surface area contributed by atoms with Crippen LogP contribution in [0.5, 0.6) is 0 Å². The van der Waals surface area contributed by atoms with Crippen LogP contribution in [0, 0.1) is 5.92 Å². The monoisotopic (exact) mass is 255 g/mol. The molecule has 18 heavy (non-hydrogen) atoms. The molecule has 1 N–H and O–H groups in total. The molecular formula is C16H33NO. The quantitative estimate of drug-likeness (QED) is 0.690. The zero-order valence-electron chi connectivity index (χ0n) is 12.9. The molecule has 2 nitrogen and oxygen atoms in total. The average Bonchev–Trinajstić information content (AvgIpc) is 2.51. The summed E-state index contributed by atoms with van der Waals surface area (Å²) in [4.78, 5) is 0. The summed E-state index contributed by atoms with van der Waals surface area (Å²) in [5, 5.41) is 3.52. The molecule has 1 saturated carbocycles. The lowest BCUT2D eigenvalue weighted by atomic mass is 9.93. The molecule has 1 unspecified atom stereocenters. The summed E-state index contributed by atoms with van der Waals surface area (Å²) in [6.45, 7) is 11.1. The van der Waals surface area contributed by atoms with E-state index in [4.69, 9.17) is 4.74 Å². The summed E-state index contributed by atoms with van der Waals surface area (Å²) in [6, 6.07) is 0. The van der Waals surface area contributed by atoms with Gasteiger partial charge in [-0.3, -0.25) is 0 Å². The second kappa shape index (κ2) is 8.16. The predicted molar refractivity (Wildman–Crippen MR) is 79.0 cm³/mol. The first kappa shape index (κ1) is 16.0. The first-order chi connectivity index (χ1) is 8.58. The third kappa shape index (κ3) is 5.71. The van der Waals surface area contributed by atoms with Gasteiger partial charge in [0.2, 0.25) is 0 Å². The van der Waals surface area contributed by atoms with Gasteiger partial charge >= 0.3 is 0 Å². The molecule has 0 saturated heterocycles. The number of hydrogen-bond acceptors (Lipinski definition) is 2. The summed E-state index contributed by atoms with van der Waals surface area (Å²) < 4.78 is 6.51. The Morgan fingerprint density at radius 2 is 1.67 bits per heavy atom. The molecule has 0 aromatic carbocycles. The molecule has 0 spiro atoms. The molecule has 0 aromatic rings. The van der Waals surface area contributed by atoms with Crippen molar-refractivity contribution < 1.29 is 4.74 Å². The van der Waals surface area contributed by atoms with Crippen LogP contribution in [0.25, 0.3) is 0 Å². The molecule has 0 bridgehead atoms. The highest BCUT2D eigenvalue weighted by molar-refractivity contribution is 4.86. The predicted octanol–water partition coefficient (Wildman–Crippen LogP) is 4.14. The van der Waals surface area contributed by atoms with Gasteiger partial charge in [0, 0.05) is 6.54 Å². The van der Waals surface area contributed by atoms with E-state index < -0.39 is 0 Å². The van der Waals surface area contributed by atoms with Crippen LogP contribution in [-0.2, 0) is 4.74 Å². The van der Waals surface area contributed by atoms with Crippen molar-refractivity contribution in [2.75, 3.05) is 13.1 Å². The molecule has 0 heterocycles. The van der Waals surface area contributed by atoms with Crippen LogP contribution in [0.1, 0.15) is 72.6 Å². The fourth-order valence-corrected chi connectivity index (χ4v) is 3.20. The lowest BCUT2D eigenvalue weighted by Gasteiger charge is -2.36. The van der Waals surface area contributed by atoms with Crippen LogP contribution in [0.2, 0.25) is 0 Å². The van der Waals surface area contributed by atoms with Crippen LogP contribution < -0.4 is 5.32 Å². The largest absolute Gasteiger partial charge is 0.371 e. The summed E-state index contributed by atoms with van der Waals surface area (Å²) in [7, 11) is 0. The van der Waals surface area contributed by atoms with Crippen molar-refractivity contribution in [3.63, 3.8) is 0 Å². The van der Waals surface area contributed by atoms with Gasteiger partial charge in [-0.2, -0.15) is 0 Å². The Morgan fingerprint density at radius 3 is 2.17 bits per heavy atom. The van der Waals surface area contributed by atoms with Gasteiger partial charge in [-0.05, 0) is 38.6 Å². The van der Waals surface area contributed by atoms with E-state index in [0.29, 0.717) is 6.10 Å². The highest BCUT2D eigenvalue weighted by atomic mass is 16.5. The van der Waals surface area contributed by atoms with Crippen molar-refractivity contribution in [3.05, 3.63) is 0 Å². The molecule has 1 atom stereocenters. The molecule has 0 aromatic heterocycles. The SMILES string of the molecule is CCNCC1(OC(C)CC(C)C)CCCCCC1. The Hall–Kier alpha value is -0.0800. The zero-order chi connectivity index (χ0) is 13.4. The Labute approximate surface area is 114 Å². The first-order valence-corrected chi connectivity index (χ1v) is 7.96. The molecular weight excluding hydrogens is 222 g/mol. The van der Waals surface area contributed by atoms with E-state index in [0.717, 1.165) is 19.0 Å². The number of rotatable bonds is 7. The van der Waals surface area contributed by atoms with E-state index in [9.17, 15) is 0 Å². The van der Waals surface area contributed by atoms with Crippen LogP contribution >= 0.6 is 0 Å². The maximum absolute atomic E-state index is 6.51. The van der Waals surface area contributed by atoms with Crippen LogP contribution in [-0.4, -0.2) is 24.8 Å². The van der Waals surface area contributed by atoms with Gasteiger partial charge in [-0.1, -0.05) is 46.5 Å². The number of nitrogens with one attached hydrogen (secondary N) is 1. The molecule has 0 radical (unpaired) electrons. The van der Waals surface area contributed by atoms with Gasteiger partial charge in [-0.25, -0.2) is 0 Å². The molecule has 1 aliphatic rings. The van der Waals surface area contributed by atoms with E-state index in [-0.39, 0.29) is 5.60 Å². The van der Waals surface area contributed by atoms with Crippen molar-refractivity contribution in [2.24, 2.45) is 5.92 Å². The smallest absolute Gasteiger partial charge is 0.0809 e. The second-order valence-corrected chi connectivity index (χ2v) is 6.44. The van der Waals surface area contributed by atoms with Crippen molar-refractivity contribution in [1.82, 2.24) is 5.32 Å². The van der Waals surface area contributed by atoms with Crippen molar-refractivity contribution in [1.29, 1.82) is 0 Å². The lowest BCUT2D eigenvalue weighted by molar-refractivity contribution is -0.0997. The minimum Gasteiger partial charge on any atom is -0.371 e. The van der Waals surface area contributed by atoms with E-state index in [1.807, 2.05) is 0 Å². The topological polar surface area (TPSA) is 21.3 Å². The summed E-state index contributed by atoms with van der Waals surface area (Å²) in [5.74, 6) is 0.724. The molecule has 0 amide bonds. The summed E-state index contributed by atoms with van der Waals surface area (Å²) >= 11 is 0. The van der Waals surface area contributed by atoms with E-state index in [1.54, 1.807) is 0 Å². The fraction of sp³-hybridized carbons (Fsp3) is 1.00. The zero-order valence-corrected chi connectivity index (χ0v) is 12.9. The molecule has 2 heteroatoms. The molecule has 0 aliphatic heterocycles. The minimum atomic E-state index is 0.112. The third-order valence-corrected chi connectivity index (χ3v) is 3.97. The van der Waals surface area contributed by atoms with Gasteiger partial charge < -0.3 is 10.1 Å². The molecule has 1 rings (SSSR count). The minimum absolute atomic E-state index is 0.112. The molecule has 1 fully saturated rings. The van der Waals surface area contributed by atoms with E-state index in [1.165, 1.54) is 44.9 Å². The van der Waals surface area contributed by atoms with E-state index >= 15 is 0 Å². The number of ether oxygens (including phenoxy) is 1. The van der Waals surface area contributed by atoms with Gasteiger partial charge in [0.15, 0.2) is 0 Å². The Morgan fingerprint density at radius 1 is 1.06 bits per heavy atom. The maximum atomic E-state index is 6.51. The number of hydrogen-bond donors (Lipinski definition) is 1. The highest BCUT2D eigenvalue weighted by Crippen LogP contribution is 2.32. The van der Waals surface area contributed by atoms with Crippen molar-refractivity contribution >= 4 is 0 Å². The van der Waals surface area contributed by atoms with Crippen LogP contribution in [0.4, 0.5) is 0 Å². The highest BCUT2D eigenvalue weighted by Gasteiger charge is 2.33. The van der Waals surface area contributed by atoms with Gasteiger partial charge in [0.25, 0.3) is 0 Å². The first-order valence-electron chi connectivity index (χ1n) is 7.96. The van der Waals surface area contributed by atoms with Crippen LogP contribution in [0.3, 0.4) is 0 Å². The normalized spacial score (nSPS) is 21.8. The van der Waals surface area contributed by atoms with Gasteiger partial charge in [0.05, 0.1) is 11.7 Å². The Kier molecular flexibility index (Phi) is 7.25. The third-order valence-electron chi connectivity index (χ3n) is 3.97. The van der Waals surface area contributed by atoms with Gasteiger partial charge in [0.1, 0.15) is 0 Å². The molecule has 1 aliphatic carbocycles. The fourth-order valence-electron chi connectivity index (χ4n) is 3.20. The molecule has 108 valence electrons. The maximum Gasteiger partial charge on any atom is 0.0809 e.